The Bertz CT molecular complexity index is 377. The Morgan fingerprint density at radius 2 is 2.00 bits per heavy atom. The lowest BCUT2D eigenvalue weighted by Gasteiger charge is -2.22. The Morgan fingerprint density at radius 3 is 2.53 bits per heavy atom. The van der Waals surface area contributed by atoms with Gasteiger partial charge in [-0.25, -0.2) is 4.79 Å². The molecule has 0 N–H and O–H groups in total. The molecule has 0 unspecified atom stereocenters. The molecular weight excluding hydrogens is 188 g/mol. The molecule has 0 bridgehead atoms. The van der Waals surface area contributed by atoms with Gasteiger partial charge < -0.3 is 4.90 Å². The monoisotopic (exact) mass is 204 g/mol. The van der Waals surface area contributed by atoms with Gasteiger partial charge in [0.25, 0.3) is 0 Å². The Balaban J connectivity index is 3.20. The number of isocyanates is 1. The van der Waals surface area contributed by atoms with Crippen LogP contribution in [0.2, 0.25) is 0 Å². The molecule has 0 radical (unpaired) electrons. The molecule has 0 heterocycles. The van der Waals surface area contributed by atoms with Crippen molar-refractivity contribution in [3.63, 3.8) is 0 Å². The van der Waals surface area contributed by atoms with E-state index in [1.807, 2.05) is 25.1 Å². The first-order chi connectivity index (χ1) is 7.22. The van der Waals surface area contributed by atoms with Crippen LogP contribution in [0.15, 0.2) is 23.2 Å². The van der Waals surface area contributed by atoms with Crippen LogP contribution >= 0.6 is 0 Å². The molecule has 0 aliphatic carbocycles. The van der Waals surface area contributed by atoms with E-state index in [9.17, 15) is 4.79 Å². The van der Waals surface area contributed by atoms with Gasteiger partial charge >= 0.3 is 0 Å². The fourth-order valence-electron chi connectivity index (χ4n) is 1.60. The normalized spacial score (nSPS) is 9.53. The minimum atomic E-state index is 0.703. The van der Waals surface area contributed by atoms with E-state index in [2.05, 4.69) is 23.7 Å². The van der Waals surface area contributed by atoms with Crippen molar-refractivity contribution in [3.05, 3.63) is 23.8 Å². The fourth-order valence-corrected chi connectivity index (χ4v) is 1.60. The highest BCUT2D eigenvalue weighted by atomic mass is 16.1. The van der Waals surface area contributed by atoms with Gasteiger partial charge in [0, 0.05) is 13.1 Å². The van der Waals surface area contributed by atoms with Crippen LogP contribution in [0.4, 0.5) is 11.4 Å². The third kappa shape index (κ3) is 2.67. The fraction of sp³-hybridized carbons (Fsp3) is 0.417. The van der Waals surface area contributed by atoms with Crippen molar-refractivity contribution in [3.8, 4) is 0 Å². The number of aliphatic imine (C=N–C) groups is 1. The lowest BCUT2D eigenvalue weighted by molar-refractivity contribution is 0.565. The van der Waals surface area contributed by atoms with Crippen molar-refractivity contribution >= 4 is 17.5 Å². The summed E-state index contributed by atoms with van der Waals surface area (Å²) in [6.07, 6.45) is 1.60. The van der Waals surface area contributed by atoms with Crippen molar-refractivity contribution in [1.82, 2.24) is 0 Å². The van der Waals surface area contributed by atoms with Gasteiger partial charge in [0.15, 0.2) is 0 Å². The molecule has 0 amide bonds. The Kier molecular flexibility index (Phi) is 4.07. The minimum absolute atomic E-state index is 0.703. The molecule has 0 saturated carbocycles. The van der Waals surface area contributed by atoms with Crippen LogP contribution in [0.25, 0.3) is 0 Å². The van der Waals surface area contributed by atoms with Crippen molar-refractivity contribution < 1.29 is 4.79 Å². The summed E-state index contributed by atoms with van der Waals surface area (Å²) in [5.74, 6) is 0. The largest absolute Gasteiger partial charge is 0.370 e. The second-order valence-corrected chi connectivity index (χ2v) is 3.37. The first-order valence-electron chi connectivity index (χ1n) is 5.16. The lowest BCUT2D eigenvalue weighted by atomic mass is 10.2. The molecule has 0 aromatic heterocycles. The van der Waals surface area contributed by atoms with Crippen molar-refractivity contribution in [2.75, 3.05) is 18.0 Å². The maximum atomic E-state index is 10.3. The summed E-state index contributed by atoms with van der Waals surface area (Å²) in [7, 11) is 0. The van der Waals surface area contributed by atoms with E-state index in [0.717, 1.165) is 24.3 Å². The number of hydrogen-bond acceptors (Lipinski definition) is 3. The smallest absolute Gasteiger partial charge is 0.240 e. The highest BCUT2D eigenvalue weighted by Crippen LogP contribution is 2.29. The predicted octanol–water partition coefficient (Wildman–Crippen LogP) is 2.81. The van der Waals surface area contributed by atoms with Crippen LogP contribution in [0, 0.1) is 6.92 Å². The molecule has 0 saturated heterocycles. The molecule has 1 rings (SSSR count). The number of aryl methyl sites for hydroxylation is 1. The second-order valence-electron chi connectivity index (χ2n) is 3.37. The predicted molar refractivity (Wildman–Crippen MR) is 62.5 cm³/mol. The highest BCUT2D eigenvalue weighted by Gasteiger charge is 2.07. The van der Waals surface area contributed by atoms with Crippen LogP contribution in [-0.4, -0.2) is 19.2 Å². The molecule has 1 aromatic rings. The molecule has 3 nitrogen and oxygen atoms in total. The summed E-state index contributed by atoms with van der Waals surface area (Å²) in [5, 5.41) is 0. The first-order valence-corrected chi connectivity index (χ1v) is 5.16. The van der Waals surface area contributed by atoms with E-state index in [1.54, 1.807) is 6.08 Å². The zero-order valence-electron chi connectivity index (χ0n) is 9.45. The van der Waals surface area contributed by atoms with Crippen molar-refractivity contribution in [2.45, 2.75) is 20.8 Å². The molecule has 1 aromatic carbocycles. The quantitative estimate of drug-likeness (QED) is 0.558. The molecule has 0 aliphatic heterocycles. The van der Waals surface area contributed by atoms with Gasteiger partial charge in [0.2, 0.25) is 6.08 Å². The molecule has 0 spiro atoms. The van der Waals surface area contributed by atoms with Crippen LogP contribution in [0.1, 0.15) is 19.4 Å². The van der Waals surface area contributed by atoms with Crippen molar-refractivity contribution in [1.29, 1.82) is 0 Å². The third-order valence-corrected chi connectivity index (χ3v) is 2.40. The van der Waals surface area contributed by atoms with Crippen molar-refractivity contribution in [2.24, 2.45) is 4.99 Å². The summed E-state index contributed by atoms with van der Waals surface area (Å²) in [6.45, 7) is 7.95. The minimum Gasteiger partial charge on any atom is -0.370 e. The Labute approximate surface area is 90.4 Å². The second kappa shape index (κ2) is 5.32. The average molecular weight is 204 g/mol. The molecule has 0 aliphatic rings. The van der Waals surface area contributed by atoms with Crippen LogP contribution < -0.4 is 4.90 Å². The Hall–Kier alpha value is -1.60. The van der Waals surface area contributed by atoms with E-state index in [1.165, 1.54) is 0 Å². The van der Waals surface area contributed by atoms with Crippen LogP contribution in [0.3, 0.4) is 0 Å². The third-order valence-electron chi connectivity index (χ3n) is 2.40. The van der Waals surface area contributed by atoms with E-state index in [4.69, 9.17) is 0 Å². The van der Waals surface area contributed by atoms with Gasteiger partial charge in [-0.2, -0.15) is 4.99 Å². The number of hydrogen-bond donors (Lipinski definition) is 0. The number of carbonyl (C=O) groups excluding carboxylic acids is 1. The lowest BCUT2D eigenvalue weighted by Crippen LogP contribution is -2.21. The summed E-state index contributed by atoms with van der Waals surface area (Å²) >= 11 is 0. The zero-order valence-corrected chi connectivity index (χ0v) is 9.45. The number of rotatable bonds is 4. The number of anilines is 1. The summed E-state index contributed by atoms with van der Waals surface area (Å²) in [5.41, 5.74) is 2.79. The van der Waals surface area contributed by atoms with E-state index < -0.39 is 0 Å². The molecule has 0 atom stereocenters. The van der Waals surface area contributed by atoms with Crippen LogP contribution in [0.5, 0.6) is 0 Å². The zero-order chi connectivity index (χ0) is 11.3. The summed E-state index contributed by atoms with van der Waals surface area (Å²) < 4.78 is 0. The highest BCUT2D eigenvalue weighted by molar-refractivity contribution is 5.70. The van der Waals surface area contributed by atoms with E-state index >= 15 is 0 Å². The van der Waals surface area contributed by atoms with Gasteiger partial charge in [-0.15, -0.1) is 0 Å². The molecule has 3 heteroatoms. The Morgan fingerprint density at radius 1 is 1.33 bits per heavy atom. The first kappa shape index (κ1) is 11.5. The van der Waals surface area contributed by atoms with Gasteiger partial charge in [-0.3, -0.25) is 0 Å². The maximum absolute atomic E-state index is 10.3. The van der Waals surface area contributed by atoms with Gasteiger partial charge in [0.05, 0.1) is 11.4 Å². The SMILES string of the molecule is CCN(CC)c1ccc(C)cc1N=C=O. The van der Waals surface area contributed by atoms with E-state index in [0.29, 0.717) is 5.69 Å². The molecule has 0 fully saturated rings. The van der Waals surface area contributed by atoms with E-state index in [-0.39, 0.29) is 0 Å². The number of benzene rings is 1. The average Bonchev–Trinajstić information content (AvgIpc) is 2.23. The van der Waals surface area contributed by atoms with Gasteiger partial charge in [-0.05, 0) is 38.5 Å². The molecular formula is C12H16N2O. The topological polar surface area (TPSA) is 32.7 Å². The molecule has 15 heavy (non-hydrogen) atoms. The standard InChI is InChI=1S/C12H16N2O/c1-4-14(5-2)12-7-6-10(3)8-11(12)13-9-15/h6-8H,4-5H2,1-3H3. The number of nitrogens with zero attached hydrogens (tertiary/aromatic N) is 2. The maximum Gasteiger partial charge on any atom is 0.240 e. The molecule has 80 valence electrons. The summed E-state index contributed by atoms with van der Waals surface area (Å²) in [4.78, 5) is 16.2. The van der Waals surface area contributed by atoms with Gasteiger partial charge in [-0.1, -0.05) is 6.07 Å². The van der Waals surface area contributed by atoms with Gasteiger partial charge in [0.1, 0.15) is 0 Å². The van der Waals surface area contributed by atoms with Crippen LogP contribution in [-0.2, 0) is 4.79 Å². The summed E-state index contributed by atoms with van der Waals surface area (Å²) in [6, 6.07) is 5.93.